The lowest BCUT2D eigenvalue weighted by Crippen LogP contribution is -1.87. The van der Waals surface area contributed by atoms with Crippen molar-refractivity contribution in [3.63, 3.8) is 0 Å². The molecule has 0 unspecified atom stereocenters. The molecule has 0 atom stereocenters. The van der Waals surface area contributed by atoms with Gasteiger partial charge in [0.05, 0.1) is 0 Å². The number of aryl methyl sites for hydroxylation is 1. The average molecular weight is 311 g/mol. The summed E-state index contributed by atoms with van der Waals surface area (Å²) >= 11 is 5.88. The van der Waals surface area contributed by atoms with Crippen molar-refractivity contribution < 1.29 is 0 Å². The van der Waals surface area contributed by atoms with Gasteiger partial charge in [-0.05, 0) is 54.8 Å². The normalized spacial score (nSPS) is 10.1. The van der Waals surface area contributed by atoms with Gasteiger partial charge in [-0.3, -0.25) is 0 Å². The molecule has 0 aliphatic heterocycles. The van der Waals surface area contributed by atoms with Crippen LogP contribution in [0, 0.1) is 11.8 Å². The maximum atomic E-state index is 5.88. The highest BCUT2D eigenvalue weighted by Crippen LogP contribution is 2.11. The summed E-state index contributed by atoms with van der Waals surface area (Å²) in [6.07, 6.45) is 7.76. The van der Waals surface area contributed by atoms with E-state index in [0.29, 0.717) is 0 Å². The molecule has 0 heterocycles. The van der Waals surface area contributed by atoms with Gasteiger partial charge in [-0.15, -0.1) is 0 Å². The predicted octanol–water partition coefficient (Wildman–Crippen LogP) is 6.25. The minimum atomic E-state index is 0.746. The van der Waals surface area contributed by atoms with Crippen LogP contribution < -0.4 is 0 Å². The highest BCUT2D eigenvalue weighted by Gasteiger charge is 1.95. The van der Waals surface area contributed by atoms with Crippen LogP contribution in [-0.2, 0) is 6.42 Å². The lowest BCUT2D eigenvalue weighted by molar-refractivity contribution is 0.632. The first-order valence-corrected chi connectivity index (χ1v) is 8.52. The van der Waals surface area contributed by atoms with Crippen molar-refractivity contribution in [2.75, 3.05) is 0 Å². The predicted molar refractivity (Wildman–Crippen MR) is 96.3 cm³/mol. The Labute approximate surface area is 139 Å². The molecule has 2 rings (SSSR count). The number of rotatable bonds is 6. The second-order valence-electron chi connectivity index (χ2n) is 5.62. The van der Waals surface area contributed by atoms with Crippen LogP contribution in [-0.4, -0.2) is 0 Å². The summed E-state index contributed by atoms with van der Waals surface area (Å²) in [7, 11) is 0. The van der Waals surface area contributed by atoms with Crippen molar-refractivity contribution in [3.8, 4) is 11.8 Å². The van der Waals surface area contributed by atoms with Gasteiger partial charge in [0.15, 0.2) is 0 Å². The molecule has 0 saturated heterocycles. The first kappa shape index (κ1) is 16.7. The monoisotopic (exact) mass is 310 g/mol. The fraction of sp³-hybridized carbons (Fsp3) is 0.333. The molecule has 0 N–H and O–H groups in total. The van der Waals surface area contributed by atoms with E-state index in [9.17, 15) is 0 Å². The van der Waals surface area contributed by atoms with Gasteiger partial charge in [-0.2, -0.15) is 0 Å². The zero-order valence-corrected chi connectivity index (χ0v) is 14.0. The zero-order chi connectivity index (χ0) is 15.6. The summed E-state index contributed by atoms with van der Waals surface area (Å²) in [5.74, 6) is 6.43. The van der Waals surface area contributed by atoms with E-state index in [0.717, 1.165) is 22.6 Å². The van der Waals surface area contributed by atoms with E-state index >= 15 is 0 Å². The number of benzene rings is 2. The Morgan fingerprint density at radius 3 is 2.32 bits per heavy atom. The minimum Gasteiger partial charge on any atom is -0.0843 e. The first-order valence-electron chi connectivity index (χ1n) is 8.14. The SMILES string of the molecule is CCCCCCCc1cccc(C#Cc2ccc(Cl)cc2)c1. The quantitative estimate of drug-likeness (QED) is 0.437. The molecule has 22 heavy (non-hydrogen) atoms. The number of halogens is 1. The van der Waals surface area contributed by atoms with Gasteiger partial charge in [0.25, 0.3) is 0 Å². The zero-order valence-electron chi connectivity index (χ0n) is 13.2. The Bertz CT molecular complexity index is 629. The van der Waals surface area contributed by atoms with Crippen molar-refractivity contribution in [3.05, 3.63) is 70.2 Å². The van der Waals surface area contributed by atoms with Crippen LogP contribution in [0.25, 0.3) is 0 Å². The summed E-state index contributed by atoms with van der Waals surface area (Å²) in [4.78, 5) is 0. The molecule has 0 bridgehead atoms. The topological polar surface area (TPSA) is 0 Å². The lowest BCUT2D eigenvalue weighted by atomic mass is 10.0. The van der Waals surface area contributed by atoms with Gasteiger partial charge >= 0.3 is 0 Å². The van der Waals surface area contributed by atoms with Gasteiger partial charge < -0.3 is 0 Å². The molecule has 114 valence electrons. The Morgan fingerprint density at radius 1 is 0.818 bits per heavy atom. The average Bonchev–Trinajstić information content (AvgIpc) is 2.55. The van der Waals surface area contributed by atoms with Crippen molar-refractivity contribution in [1.82, 2.24) is 0 Å². The third-order valence-corrected chi connectivity index (χ3v) is 3.94. The molecule has 0 saturated carbocycles. The standard InChI is InChI=1S/C21H23Cl/c1-2-3-4-5-6-8-19-9-7-10-20(17-19)12-11-18-13-15-21(22)16-14-18/h7,9-10,13-17H,2-6,8H2,1H3. The van der Waals surface area contributed by atoms with E-state index in [4.69, 9.17) is 11.6 Å². The van der Waals surface area contributed by atoms with E-state index in [1.165, 1.54) is 37.7 Å². The van der Waals surface area contributed by atoms with Gasteiger partial charge in [-0.1, -0.05) is 68.2 Å². The maximum absolute atomic E-state index is 5.88. The number of hydrogen-bond donors (Lipinski definition) is 0. The summed E-state index contributed by atoms with van der Waals surface area (Å²) in [5, 5.41) is 0.746. The molecule has 0 nitrogen and oxygen atoms in total. The third-order valence-electron chi connectivity index (χ3n) is 3.69. The molecule has 0 aromatic heterocycles. The van der Waals surface area contributed by atoms with Crippen LogP contribution in [0.1, 0.15) is 55.7 Å². The van der Waals surface area contributed by atoms with E-state index < -0.39 is 0 Å². The van der Waals surface area contributed by atoms with Crippen LogP contribution >= 0.6 is 11.6 Å². The molecule has 0 aliphatic rings. The Balaban J connectivity index is 1.92. The van der Waals surface area contributed by atoms with Gasteiger partial charge in [0.2, 0.25) is 0 Å². The smallest absolute Gasteiger partial charge is 0.0406 e. The summed E-state index contributed by atoms with van der Waals surface area (Å²) in [5.41, 5.74) is 3.47. The second kappa shape index (κ2) is 9.34. The molecule has 1 heteroatoms. The van der Waals surface area contributed by atoms with Crippen molar-refractivity contribution in [1.29, 1.82) is 0 Å². The molecular weight excluding hydrogens is 288 g/mol. The number of hydrogen-bond acceptors (Lipinski definition) is 0. The molecule has 2 aromatic rings. The third kappa shape index (κ3) is 5.96. The Kier molecular flexibility index (Phi) is 7.07. The van der Waals surface area contributed by atoms with Gasteiger partial charge in [0.1, 0.15) is 0 Å². The fourth-order valence-electron chi connectivity index (χ4n) is 2.41. The largest absolute Gasteiger partial charge is 0.0843 e. The molecule has 2 aromatic carbocycles. The van der Waals surface area contributed by atoms with Crippen molar-refractivity contribution in [2.24, 2.45) is 0 Å². The highest BCUT2D eigenvalue weighted by atomic mass is 35.5. The maximum Gasteiger partial charge on any atom is 0.0406 e. The van der Waals surface area contributed by atoms with Crippen LogP contribution in [0.5, 0.6) is 0 Å². The molecule has 0 spiro atoms. The Hall–Kier alpha value is -1.71. The summed E-state index contributed by atoms with van der Waals surface area (Å²) < 4.78 is 0. The fourth-order valence-corrected chi connectivity index (χ4v) is 2.54. The first-order chi connectivity index (χ1) is 10.8. The minimum absolute atomic E-state index is 0.746. The van der Waals surface area contributed by atoms with Crippen molar-refractivity contribution in [2.45, 2.75) is 45.4 Å². The molecular formula is C21H23Cl. The highest BCUT2D eigenvalue weighted by molar-refractivity contribution is 6.30. The molecule has 0 aliphatic carbocycles. The van der Waals surface area contributed by atoms with Crippen LogP contribution in [0.2, 0.25) is 5.02 Å². The van der Waals surface area contributed by atoms with Crippen LogP contribution in [0.3, 0.4) is 0 Å². The number of unbranched alkanes of at least 4 members (excludes halogenated alkanes) is 4. The van der Waals surface area contributed by atoms with Crippen LogP contribution in [0.15, 0.2) is 48.5 Å². The van der Waals surface area contributed by atoms with Crippen LogP contribution in [0.4, 0.5) is 0 Å². The van der Waals surface area contributed by atoms with E-state index in [1.54, 1.807) is 0 Å². The summed E-state index contributed by atoms with van der Waals surface area (Å²) in [6.45, 7) is 2.25. The Morgan fingerprint density at radius 2 is 1.55 bits per heavy atom. The van der Waals surface area contributed by atoms with E-state index in [-0.39, 0.29) is 0 Å². The second-order valence-corrected chi connectivity index (χ2v) is 6.06. The lowest BCUT2D eigenvalue weighted by Gasteiger charge is -2.02. The molecule has 0 amide bonds. The van der Waals surface area contributed by atoms with E-state index in [1.807, 2.05) is 24.3 Å². The molecule has 0 fully saturated rings. The van der Waals surface area contributed by atoms with Crippen molar-refractivity contribution >= 4 is 11.6 Å². The molecule has 0 radical (unpaired) electrons. The van der Waals surface area contributed by atoms with E-state index in [2.05, 4.69) is 43.0 Å². The summed E-state index contributed by atoms with van der Waals surface area (Å²) in [6, 6.07) is 16.2. The van der Waals surface area contributed by atoms with Gasteiger partial charge in [-0.25, -0.2) is 0 Å². The van der Waals surface area contributed by atoms with Gasteiger partial charge in [0, 0.05) is 16.1 Å².